The molecule has 0 radical (unpaired) electrons. The van der Waals surface area contributed by atoms with Crippen molar-refractivity contribution in [2.45, 2.75) is 31.8 Å². The Kier molecular flexibility index (Phi) is 4.67. The number of halogens is 1. The quantitative estimate of drug-likeness (QED) is 0.678. The largest absolute Gasteiger partial charge is 0.325 e. The minimum Gasteiger partial charge on any atom is -0.325 e. The molecule has 1 atom stereocenters. The molecule has 1 aliphatic heterocycles. The Labute approximate surface area is 163 Å². The normalized spacial score (nSPS) is 19.9. The molecule has 4 rings (SSSR count). The lowest BCUT2D eigenvalue weighted by atomic mass is 10.1. The molecule has 134 valence electrons. The van der Waals surface area contributed by atoms with Crippen LogP contribution in [0.4, 0.5) is 5.69 Å². The summed E-state index contributed by atoms with van der Waals surface area (Å²) < 4.78 is 0.875. The van der Waals surface area contributed by atoms with Crippen molar-refractivity contribution in [3.05, 3.63) is 51.1 Å². The molecule has 2 fully saturated rings. The van der Waals surface area contributed by atoms with Crippen LogP contribution in [0.1, 0.15) is 24.1 Å². The number of amides is 3. The van der Waals surface area contributed by atoms with Crippen LogP contribution in [0.3, 0.4) is 0 Å². The molecule has 2 heterocycles. The van der Waals surface area contributed by atoms with Crippen LogP contribution in [0.25, 0.3) is 0 Å². The fraction of sp³-hybridized carbons (Fsp3) is 0.316. The molecule has 3 amide bonds. The lowest BCUT2D eigenvalue weighted by Gasteiger charge is -2.27. The second-order valence-corrected chi connectivity index (χ2v) is 8.53. The number of imide groups is 1. The van der Waals surface area contributed by atoms with E-state index in [1.807, 2.05) is 17.5 Å². The molecular formula is C19H17BrN2O3S. The summed E-state index contributed by atoms with van der Waals surface area (Å²) in [5, 5.41) is 1.95. The summed E-state index contributed by atoms with van der Waals surface area (Å²) in [6.07, 6.45) is 1.77. The number of anilines is 1. The minimum absolute atomic E-state index is 0.000375. The maximum atomic E-state index is 13.0. The lowest BCUT2D eigenvalue weighted by molar-refractivity contribution is -0.140. The summed E-state index contributed by atoms with van der Waals surface area (Å²) in [5.74, 6) is -0.591. The second-order valence-electron chi connectivity index (χ2n) is 6.58. The first-order valence-corrected chi connectivity index (χ1v) is 10.2. The molecule has 5 nitrogen and oxygen atoms in total. The molecule has 1 aromatic heterocycles. The third-order valence-corrected chi connectivity index (χ3v) is 6.09. The number of thiophene rings is 1. The van der Waals surface area contributed by atoms with Crippen molar-refractivity contribution in [3.63, 3.8) is 0 Å². The van der Waals surface area contributed by atoms with Gasteiger partial charge >= 0.3 is 0 Å². The highest BCUT2D eigenvalue weighted by molar-refractivity contribution is 9.10. The van der Waals surface area contributed by atoms with Crippen LogP contribution < -0.4 is 4.90 Å². The zero-order valence-corrected chi connectivity index (χ0v) is 16.3. The molecular weight excluding hydrogens is 416 g/mol. The smallest absolute Gasteiger partial charge is 0.257 e. The van der Waals surface area contributed by atoms with Crippen molar-refractivity contribution in [1.82, 2.24) is 4.90 Å². The van der Waals surface area contributed by atoms with Crippen molar-refractivity contribution in [2.24, 2.45) is 5.92 Å². The first-order chi connectivity index (χ1) is 12.5. The number of nitrogens with zero attached hydrogens (tertiary/aromatic N) is 2. The van der Waals surface area contributed by atoms with Gasteiger partial charge in [0, 0.05) is 15.3 Å². The van der Waals surface area contributed by atoms with Crippen molar-refractivity contribution >= 4 is 50.7 Å². The van der Waals surface area contributed by atoms with Crippen LogP contribution >= 0.6 is 27.3 Å². The lowest BCUT2D eigenvalue weighted by Crippen LogP contribution is -2.45. The van der Waals surface area contributed by atoms with Gasteiger partial charge in [0.1, 0.15) is 6.04 Å². The van der Waals surface area contributed by atoms with Gasteiger partial charge in [-0.25, -0.2) is 4.90 Å². The van der Waals surface area contributed by atoms with Gasteiger partial charge in [0.05, 0.1) is 18.7 Å². The van der Waals surface area contributed by atoms with E-state index in [0.717, 1.165) is 22.2 Å². The SMILES string of the molecule is O=C1CC(N(Cc2cccs2)C(=O)C2CC2)C(=O)N1c1ccc(Br)cc1. The van der Waals surface area contributed by atoms with Gasteiger partial charge in [0.15, 0.2) is 0 Å². The van der Waals surface area contributed by atoms with Gasteiger partial charge in [-0.1, -0.05) is 22.0 Å². The molecule has 7 heteroatoms. The Morgan fingerprint density at radius 3 is 2.54 bits per heavy atom. The Bertz CT molecular complexity index is 846. The number of carbonyl (C=O) groups excluding carboxylic acids is 3. The maximum Gasteiger partial charge on any atom is 0.257 e. The number of rotatable bonds is 5. The molecule has 0 N–H and O–H groups in total. The third kappa shape index (κ3) is 3.33. The van der Waals surface area contributed by atoms with Crippen LogP contribution in [0, 0.1) is 5.92 Å². The minimum atomic E-state index is -0.721. The molecule has 1 aromatic carbocycles. The van der Waals surface area contributed by atoms with E-state index < -0.39 is 6.04 Å². The Morgan fingerprint density at radius 2 is 1.92 bits per heavy atom. The topological polar surface area (TPSA) is 57.7 Å². The van der Waals surface area contributed by atoms with Gasteiger partial charge < -0.3 is 4.90 Å². The zero-order valence-electron chi connectivity index (χ0n) is 13.9. The van der Waals surface area contributed by atoms with E-state index in [1.54, 1.807) is 40.5 Å². The standard InChI is InChI=1S/C19H17BrN2O3S/c20-13-5-7-14(8-6-13)22-17(23)10-16(19(22)25)21(18(24)12-3-4-12)11-15-2-1-9-26-15/h1-2,5-9,12,16H,3-4,10-11H2. The van der Waals surface area contributed by atoms with E-state index >= 15 is 0 Å². The summed E-state index contributed by atoms with van der Waals surface area (Å²) in [4.78, 5) is 42.2. The average molecular weight is 433 g/mol. The van der Waals surface area contributed by atoms with Crippen LogP contribution in [0.15, 0.2) is 46.3 Å². The Hall–Kier alpha value is -1.99. The van der Waals surface area contributed by atoms with Gasteiger partial charge in [-0.15, -0.1) is 11.3 Å². The fourth-order valence-electron chi connectivity index (χ4n) is 3.20. The second kappa shape index (κ2) is 6.96. The van der Waals surface area contributed by atoms with E-state index in [1.165, 1.54) is 4.90 Å². The van der Waals surface area contributed by atoms with Crippen molar-refractivity contribution < 1.29 is 14.4 Å². The molecule has 26 heavy (non-hydrogen) atoms. The van der Waals surface area contributed by atoms with Gasteiger partial charge in [-0.3, -0.25) is 14.4 Å². The summed E-state index contributed by atoms with van der Waals surface area (Å²) >= 11 is 4.91. The van der Waals surface area contributed by atoms with Crippen molar-refractivity contribution in [3.8, 4) is 0 Å². The Morgan fingerprint density at radius 1 is 1.19 bits per heavy atom. The van der Waals surface area contributed by atoms with Gasteiger partial charge in [0.2, 0.25) is 11.8 Å². The van der Waals surface area contributed by atoms with Gasteiger partial charge in [-0.2, -0.15) is 0 Å². The predicted octanol–water partition coefficient (Wildman–Crippen LogP) is 3.58. The molecule has 0 spiro atoms. The van der Waals surface area contributed by atoms with Crippen molar-refractivity contribution in [1.29, 1.82) is 0 Å². The Balaban J connectivity index is 1.61. The van der Waals surface area contributed by atoms with E-state index in [9.17, 15) is 14.4 Å². The highest BCUT2D eigenvalue weighted by Crippen LogP contribution is 2.35. The van der Waals surface area contributed by atoms with Crippen LogP contribution in [0.2, 0.25) is 0 Å². The third-order valence-electron chi connectivity index (χ3n) is 4.70. The first kappa shape index (κ1) is 17.4. The van der Waals surface area contributed by atoms with Gasteiger partial charge in [0.25, 0.3) is 5.91 Å². The molecule has 1 aliphatic carbocycles. The van der Waals surface area contributed by atoms with E-state index in [2.05, 4.69) is 15.9 Å². The van der Waals surface area contributed by atoms with Gasteiger partial charge in [-0.05, 0) is 48.6 Å². The summed E-state index contributed by atoms with van der Waals surface area (Å²) in [5.41, 5.74) is 0.542. The zero-order chi connectivity index (χ0) is 18.3. The van der Waals surface area contributed by atoms with E-state index in [0.29, 0.717) is 12.2 Å². The van der Waals surface area contributed by atoms with E-state index in [-0.39, 0.29) is 30.1 Å². The summed E-state index contributed by atoms with van der Waals surface area (Å²) in [6, 6.07) is 10.2. The highest BCUT2D eigenvalue weighted by Gasteiger charge is 2.46. The molecule has 1 unspecified atom stereocenters. The van der Waals surface area contributed by atoms with E-state index in [4.69, 9.17) is 0 Å². The summed E-state index contributed by atoms with van der Waals surface area (Å²) in [7, 11) is 0. The molecule has 1 saturated carbocycles. The number of hydrogen-bond donors (Lipinski definition) is 0. The van der Waals surface area contributed by atoms with Crippen molar-refractivity contribution in [2.75, 3.05) is 4.90 Å². The number of hydrogen-bond acceptors (Lipinski definition) is 4. The molecule has 2 aromatic rings. The maximum absolute atomic E-state index is 13.0. The number of benzene rings is 1. The van der Waals surface area contributed by atoms with Crippen LogP contribution in [0.5, 0.6) is 0 Å². The average Bonchev–Trinajstić information content (AvgIpc) is 3.27. The van der Waals surface area contributed by atoms with Crippen LogP contribution in [-0.2, 0) is 20.9 Å². The summed E-state index contributed by atoms with van der Waals surface area (Å²) in [6.45, 7) is 0.380. The molecule has 1 saturated heterocycles. The van der Waals surface area contributed by atoms with Crippen LogP contribution in [-0.4, -0.2) is 28.7 Å². The number of carbonyl (C=O) groups is 3. The first-order valence-electron chi connectivity index (χ1n) is 8.50. The molecule has 0 bridgehead atoms. The predicted molar refractivity (Wildman–Crippen MR) is 103 cm³/mol. The fourth-order valence-corrected chi connectivity index (χ4v) is 4.16. The monoisotopic (exact) mass is 432 g/mol. The molecule has 2 aliphatic rings. The highest BCUT2D eigenvalue weighted by atomic mass is 79.9.